The first-order valence-electron chi connectivity index (χ1n) is 9.16. The number of rotatable bonds is 13. The van der Waals surface area contributed by atoms with Crippen molar-refractivity contribution in [2.24, 2.45) is 5.92 Å². The van der Waals surface area contributed by atoms with Gasteiger partial charge in [-0.2, -0.15) is 0 Å². The molecule has 1 amide bonds. The Morgan fingerprint density at radius 3 is 2.33 bits per heavy atom. The Bertz CT molecular complexity index is 443. The van der Waals surface area contributed by atoms with E-state index in [1.54, 1.807) is 0 Å². The maximum atomic E-state index is 12.0. The summed E-state index contributed by atoms with van der Waals surface area (Å²) in [5.41, 5.74) is 1.98. The second kappa shape index (κ2) is 13.0. The van der Waals surface area contributed by atoms with E-state index in [4.69, 9.17) is 9.47 Å². The lowest BCUT2D eigenvalue weighted by Gasteiger charge is -2.08. The van der Waals surface area contributed by atoms with E-state index in [1.807, 2.05) is 24.3 Å². The van der Waals surface area contributed by atoms with Crippen molar-refractivity contribution in [2.75, 3.05) is 33.0 Å². The van der Waals surface area contributed by atoms with Crippen molar-refractivity contribution in [1.29, 1.82) is 0 Å². The van der Waals surface area contributed by atoms with Crippen LogP contribution in [-0.4, -0.2) is 38.9 Å². The van der Waals surface area contributed by atoms with E-state index in [-0.39, 0.29) is 5.91 Å². The summed E-state index contributed by atoms with van der Waals surface area (Å²) in [5.74, 6) is 0.651. The highest BCUT2D eigenvalue weighted by Crippen LogP contribution is 2.10. The number of hydrogen-bond acceptors (Lipinski definition) is 3. The van der Waals surface area contributed by atoms with Gasteiger partial charge in [-0.25, -0.2) is 0 Å². The smallest absolute Gasteiger partial charge is 0.251 e. The van der Waals surface area contributed by atoms with Gasteiger partial charge in [-0.05, 0) is 42.9 Å². The lowest BCUT2D eigenvalue weighted by molar-refractivity contribution is 0.0472. The van der Waals surface area contributed by atoms with E-state index >= 15 is 0 Å². The van der Waals surface area contributed by atoms with Gasteiger partial charge in [0.15, 0.2) is 0 Å². The molecule has 1 aromatic carbocycles. The summed E-state index contributed by atoms with van der Waals surface area (Å²) < 4.78 is 10.8. The van der Waals surface area contributed by atoms with Gasteiger partial charge in [0.2, 0.25) is 0 Å². The average molecular weight is 335 g/mol. The van der Waals surface area contributed by atoms with Crippen LogP contribution in [0.5, 0.6) is 0 Å². The van der Waals surface area contributed by atoms with Gasteiger partial charge in [0, 0.05) is 18.7 Å². The summed E-state index contributed by atoms with van der Waals surface area (Å²) in [6, 6.07) is 7.88. The van der Waals surface area contributed by atoms with Gasteiger partial charge in [-0.15, -0.1) is 0 Å². The lowest BCUT2D eigenvalue weighted by Crippen LogP contribution is -2.27. The maximum absolute atomic E-state index is 12.0. The van der Waals surface area contributed by atoms with Crippen molar-refractivity contribution in [3.05, 3.63) is 35.4 Å². The van der Waals surface area contributed by atoms with Crippen LogP contribution in [-0.2, 0) is 15.9 Å². The van der Waals surface area contributed by atoms with Crippen molar-refractivity contribution in [1.82, 2.24) is 5.32 Å². The molecule has 1 rings (SSSR count). The third-order valence-electron chi connectivity index (χ3n) is 3.77. The van der Waals surface area contributed by atoms with Crippen LogP contribution in [0.1, 0.15) is 56.0 Å². The first kappa shape index (κ1) is 20.7. The zero-order chi connectivity index (χ0) is 17.6. The molecule has 0 heterocycles. The molecule has 0 spiro atoms. The van der Waals surface area contributed by atoms with Crippen LogP contribution in [0.3, 0.4) is 0 Å². The second-order valence-corrected chi connectivity index (χ2v) is 6.46. The Kier molecular flexibility index (Phi) is 11.2. The van der Waals surface area contributed by atoms with E-state index < -0.39 is 0 Å². The molecule has 0 aliphatic carbocycles. The molecular formula is C20H33NO3. The quantitative estimate of drug-likeness (QED) is 0.557. The van der Waals surface area contributed by atoms with Crippen LogP contribution in [0.4, 0.5) is 0 Å². The minimum atomic E-state index is -0.0480. The zero-order valence-electron chi connectivity index (χ0n) is 15.5. The van der Waals surface area contributed by atoms with Crippen molar-refractivity contribution in [3.63, 3.8) is 0 Å². The van der Waals surface area contributed by atoms with Crippen LogP contribution >= 0.6 is 0 Å². The van der Waals surface area contributed by atoms with E-state index in [1.165, 1.54) is 12.0 Å². The molecular weight excluding hydrogens is 302 g/mol. The number of unbranched alkanes of at least 4 members (excludes halogenated alkanes) is 1. The molecule has 0 unspecified atom stereocenters. The van der Waals surface area contributed by atoms with Crippen molar-refractivity contribution < 1.29 is 14.3 Å². The number of carbonyl (C=O) groups excluding carboxylic acids is 1. The Morgan fingerprint density at radius 2 is 1.71 bits per heavy atom. The summed E-state index contributed by atoms with van der Waals surface area (Å²) in [7, 11) is 0. The number of benzene rings is 1. The van der Waals surface area contributed by atoms with Gasteiger partial charge in [0.05, 0.1) is 19.8 Å². The van der Waals surface area contributed by atoms with Gasteiger partial charge in [0.1, 0.15) is 0 Å². The topological polar surface area (TPSA) is 47.6 Å². The number of aryl methyl sites for hydroxylation is 1. The Labute approximate surface area is 146 Å². The molecule has 0 aliphatic rings. The molecule has 0 atom stereocenters. The van der Waals surface area contributed by atoms with Crippen LogP contribution in [0.2, 0.25) is 0 Å². The van der Waals surface area contributed by atoms with E-state index in [0.29, 0.717) is 37.8 Å². The maximum Gasteiger partial charge on any atom is 0.251 e. The number of hydrogen-bond donors (Lipinski definition) is 1. The van der Waals surface area contributed by atoms with E-state index in [0.717, 1.165) is 25.9 Å². The second-order valence-electron chi connectivity index (χ2n) is 6.46. The fraction of sp³-hybridized carbons (Fsp3) is 0.650. The lowest BCUT2D eigenvalue weighted by atomic mass is 10.0. The Morgan fingerprint density at radius 1 is 1.04 bits per heavy atom. The molecule has 0 aromatic heterocycles. The number of amides is 1. The highest BCUT2D eigenvalue weighted by atomic mass is 16.5. The number of carbonyl (C=O) groups is 1. The highest BCUT2D eigenvalue weighted by Gasteiger charge is 2.05. The fourth-order valence-electron chi connectivity index (χ4n) is 2.19. The molecule has 0 bridgehead atoms. The monoisotopic (exact) mass is 335 g/mol. The van der Waals surface area contributed by atoms with Crippen LogP contribution in [0, 0.1) is 5.92 Å². The summed E-state index contributed by atoms with van der Waals surface area (Å²) in [6.45, 7) is 9.60. The van der Waals surface area contributed by atoms with Crippen molar-refractivity contribution in [2.45, 2.75) is 46.5 Å². The molecule has 0 radical (unpaired) electrons. The summed E-state index contributed by atoms with van der Waals surface area (Å²) >= 11 is 0. The SMILES string of the molecule is CCCCOCCOCCNC(=O)c1ccc(CCC(C)C)cc1. The van der Waals surface area contributed by atoms with Crippen molar-refractivity contribution in [3.8, 4) is 0 Å². The summed E-state index contributed by atoms with van der Waals surface area (Å²) in [4.78, 5) is 12.0. The van der Waals surface area contributed by atoms with Crippen LogP contribution in [0.15, 0.2) is 24.3 Å². The van der Waals surface area contributed by atoms with Gasteiger partial charge >= 0.3 is 0 Å². The standard InChI is InChI=1S/C20H33NO3/c1-4-5-13-23-15-16-24-14-12-21-20(22)19-10-8-18(9-11-19)7-6-17(2)3/h8-11,17H,4-7,12-16H2,1-3H3,(H,21,22). The largest absolute Gasteiger partial charge is 0.379 e. The molecule has 136 valence electrons. The van der Waals surface area contributed by atoms with Gasteiger partial charge in [-0.1, -0.05) is 39.3 Å². The first-order chi connectivity index (χ1) is 11.6. The predicted molar refractivity (Wildman–Crippen MR) is 98.5 cm³/mol. The molecule has 0 fully saturated rings. The molecule has 0 aliphatic heterocycles. The molecule has 0 saturated carbocycles. The van der Waals surface area contributed by atoms with E-state index in [9.17, 15) is 4.79 Å². The summed E-state index contributed by atoms with van der Waals surface area (Å²) in [6.07, 6.45) is 4.47. The normalized spacial score (nSPS) is 11.0. The highest BCUT2D eigenvalue weighted by molar-refractivity contribution is 5.94. The number of nitrogens with one attached hydrogen (secondary N) is 1. The zero-order valence-corrected chi connectivity index (χ0v) is 15.5. The molecule has 4 nitrogen and oxygen atoms in total. The molecule has 4 heteroatoms. The Balaban J connectivity index is 2.12. The van der Waals surface area contributed by atoms with Crippen LogP contribution in [0.25, 0.3) is 0 Å². The minimum absolute atomic E-state index is 0.0480. The van der Waals surface area contributed by atoms with Gasteiger partial charge in [-0.3, -0.25) is 4.79 Å². The minimum Gasteiger partial charge on any atom is -0.379 e. The van der Waals surface area contributed by atoms with Crippen molar-refractivity contribution >= 4 is 5.91 Å². The molecule has 1 N–H and O–H groups in total. The third kappa shape index (κ3) is 9.68. The average Bonchev–Trinajstić information content (AvgIpc) is 2.58. The molecule has 1 aromatic rings. The summed E-state index contributed by atoms with van der Waals surface area (Å²) in [5, 5.41) is 2.88. The third-order valence-corrected chi connectivity index (χ3v) is 3.77. The Hall–Kier alpha value is -1.39. The molecule has 24 heavy (non-hydrogen) atoms. The van der Waals surface area contributed by atoms with Gasteiger partial charge < -0.3 is 14.8 Å². The fourth-order valence-corrected chi connectivity index (χ4v) is 2.19. The molecule has 0 saturated heterocycles. The number of ether oxygens (including phenoxy) is 2. The predicted octanol–water partition coefficient (Wildman–Crippen LogP) is 3.84. The van der Waals surface area contributed by atoms with E-state index in [2.05, 4.69) is 26.1 Å². The first-order valence-corrected chi connectivity index (χ1v) is 9.16. The van der Waals surface area contributed by atoms with Gasteiger partial charge in [0.25, 0.3) is 5.91 Å². The van der Waals surface area contributed by atoms with Crippen LogP contribution < -0.4 is 5.32 Å².